The lowest BCUT2D eigenvalue weighted by atomic mass is 9.95. The Kier molecular flexibility index (Phi) is 3.40. The van der Waals surface area contributed by atoms with Gasteiger partial charge in [-0.25, -0.2) is 0 Å². The van der Waals surface area contributed by atoms with Crippen LogP contribution in [0.2, 0.25) is 5.02 Å². The van der Waals surface area contributed by atoms with Gasteiger partial charge in [0, 0.05) is 17.7 Å². The lowest BCUT2D eigenvalue weighted by molar-refractivity contribution is -0.116. The number of benzene rings is 1. The minimum Gasteiger partial charge on any atom is -0.326 e. The maximum atomic E-state index is 11.6. The number of nitrogens with one attached hydrogen (secondary N) is 1. The molecule has 5 heteroatoms. The second kappa shape index (κ2) is 4.67. The van der Waals surface area contributed by atoms with E-state index in [0.717, 1.165) is 16.8 Å². The van der Waals surface area contributed by atoms with Gasteiger partial charge in [-0.05, 0) is 30.5 Å². The fourth-order valence-electron chi connectivity index (χ4n) is 1.96. The van der Waals surface area contributed by atoms with E-state index in [-0.39, 0.29) is 17.6 Å². The van der Waals surface area contributed by atoms with Gasteiger partial charge in [0.25, 0.3) is 0 Å². The Balaban J connectivity index is 2.58. The zero-order valence-corrected chi connectivity index (χ0v) is 10.8. The fourth-order valence-corrected chi connectivity index (χ4v) is 2.36. The molecule has 17 heavy (non-hydrogen) atoms. The molecule has 0 saturated heterocycles. The monoisotopic (exact) mass is 271 g/mol. The molecule has 0 bridgehead atoms. The molecule has 1 aliphatic heterocycles. The number of ketones is 1. The van der Waals surface area contributed by atoms with Gasteiger partial charge in [-0.3, -0.25) is 9.59 Å². The van der Waals surface area contributed by atoms with E-state index in [1.807, 2.05) is 0 Å². The lowest BCUT2D eigenvalue weighted by Gasteiger charge is -2.21. The highest BCUT2D eigenvalue weighted by molar-refractivity contribution is 6.38. The smallest absolute Gasteiger partial charge is 0.224 e. The molecule has 1 heterocycles. The van der Waals surface area contributed by atoms with E-state index in [4.69, 9.17) is 23.2 Å². The first-order valence-electron chi connectivity index (χ1n) is 5.25. The summed E-state index contributed by atoms with van der Waals surface area (Å²) >= 11 is 11.7. The van der Waals surface area contributed by atoms with Gasteiger partial charge < -0.3 is 5.32 Å². The van der Waals surface area contributed by atoms with E-state index in [1.165, 1.54) is 0 Å². The molecule has 3 nitrogen and oxygen atoms in total. The Labute approximate surface area is 109 Å². The van der Waals surface area contributed by atoms with Crippen LogP contribution >= 0.6 is 23.2 Å². The molecule has 0 radical (unpaired) electrons. The summed E-state index contributed by atoms with van der Waals surface area (Å²) in [6.45, 7) is 1.79. The van der Waals surface area contributed by atoms with E-state index < -0.39 is 0 Å². The lowest BCUT2D eigenvalue weighted by Crippen LogP contribution is -2.21. The second-order valence-electron chi connectivity index (χ2n) is 4.00. The number of hydrogen-bond acceptors (Lipinski definition) is 2. The molecular weight excluding hydrogens is 261 g/mol. The topological polar surface area (TPSA) is 46.2 Å². The Bertz CT molecular complexity index is 512. The minimum atomic E-state index is -0.195. The molecule has 1 aromatic rings. The highest BCUT2D eigenvalue weighted by Crippen LogP contribution is 2.34. The standard InChI is InChI=1S/C12H11Cl2NO2/c1-6-11(14)8(9(16)5-13)4-7-2-3-10(17)15-12(6)7/h4H,2-3,5H2,1H3,(H,15,17). The van der Waals surface area contributed by atoms with E-state index in [0.29, 0.717) is 23.4 Å². The first-order chi connectivity index (χ1) is 8.04. The minimum absolute atomic E-state index is 0.0203. The average Bonchev–Trinajstić information content (AvgIpc) is 2.33. The number of hydrogen-bond donors (Lipinski definition) is 1. The molecule has 0 atom stereocenters. The normalized spacial score (nSPS) is 14.2. The summed E-state index contributed by atoms with van der Waals surface area (Å²) in [5.74, 6) is -0.308. The second-order valence-corrected chi connectivity index (χ2v) is 4.65. The maximum absolute atomic E-state index is 11.6. The van der Waals surface area contributed by atoms with Crippen molar-refractivity contribution in [1.82, 2.24) is 0 Å². The number of carbonyl (C=O) groups is 2. The van der Waals surface area contributed by atoms with Gasteiger partial charge in [-0.1, -0.05) is 11.6 Å². The third-order valence-corrected chi connectivity index (χ3v) is 3.62. The molecule has 0 fully saturated rings. The maximum Gasteiger partial charge on any atom is 0.224 e. The molecule has 1 N–H and O–H groups in total. The molecule has 0 saturated carbocycles. The Morgan fingerprint density at radius 2 is 2.18 bits per heavy atom. The Morgan fingerprint density at radius 3 is 2.82 bits per heavy atom. The summed E-state index contributed by atoms with van der Waals surface area (Å²) in [5.41, 5.74) is 2.84. The molecule has 1 amide bonds. The van der Waals surface area contributed by atoms with Crippen molar-refractivity contribution in [3.8, 4) is 0 Å². The number of Topliss-reactive ketones (excluding diaryl/α,β-unsaturated/α-hetero) is 1. The predicted molar refractivity (Wildman–Crippen MR) is 68.2 cm³/mol. The van der Waals surface area contributed by atoms with Crippen LogP contribution in [0, 0.1) is 6.92 Å². The van der Waals surface area contributed by atoms with Crippen molar-refractivity contribution in [2.75, 3.05) is 11.2 Å². The summed E-state index contributed by atoms with van der Waals surface area (Å²) in [5, 5.41) is 3.16. The zero-order valence-electron chi connectivity index (χ0n) is 9.27. The molecule has 1 aromatic carbocycles. The van der Waals surface area contributed by atoms with Crippen LogP contribution in [0.3, 0.4) is 0 Å². The quantitative estimate of drug-likeness (QED) is 0.664. The van der Waals surface area contributed by atoms with Gasteiger partial charge >= 0.3 is 0 Å². The van der Waals surface area contributed by atoms with Crippen molar-refractivity contribution < 1.29 is 9.59 Å². The van der Waals surface area contributed by atoms with Gasteiger partial charge in [-0.15, -0.1) is 11.6 Å². The number of rotatable bonds is 2. The molecular formula is C12H11Cl2NO2. The molecule has 2 rings (SSSR count). The number of anilines is 1. The number of halogens is 2. The van der Waals surface area contributed by atoms with Crippen molar-refractivity contribution >= 4 is 40.6 Å². The predicted octanol–water partition coefficient (Wildman–Crippen LogP) is 2.95. The average molecular weight is 272 g/mol. The highest BCUT2D eigenvalue weighted by atomic mass is 35.5. The summed E-state index contributed by atoms with van der Waals surface area (Å²) in [4.78, 5) is 23.0. The molecule has 1 aliphatic rings. The van der Waals surface area contributed by atoms with E-state index in [9.17, 15) is 9.59 Å². The molecule has 0 aliphatic carbocycles. The molecule has 0 unspecified atom stereocenters. The van der Waals surface area contributed by atoms with Crippen LogP contribution in [-0.2, 0) is 11.2 Å². The van der Waals surface area contributed by atoms with Crippen LogP contribution in [0.25, 0.3) is 0 Å². The van der Waals surface area contributed by atoms with Crippen LogP contribution in [0.5, 0.6) is 0 Å². The number of alkyl halides is 1. The van der Waals surface area contributed by atoms with Crippen LogP contribution in [0.15, 0.2) is 6.07 Å². The van der Waals surface area contributed by atoms with Gasteiger partial charge in [0.1, 0.15) is 0 Å². The van der Waals surface area contributed by atoms with Crippen LogP contribution in [-0.4, -0.2) is 17.6 Å². The van der Waals surface area contributed by atoms with Gasteiger partial charge in [0.05, 0.1) is 10.9 Å². The number of aryl methyl sites for hydroxylation is 1. The van der Waals surface area contributed by atoms with Crippen molar-refractivity contribution in [1.29, 1.82) is 0 Å². The van der Waals surface area contributed by atoms with Gasteiger partial charge in [0.2, 0.25) is 5.91 Å². The van der Waals surface area contributed by atoms with Crippen LogP contribution in [0.4, 0.5) is 5.69 Å². The third kappa shape index (κ3) is 2.17. The van der Waals surface area contributed by atoms with Gasteiger partial charge in [0.15, 0.2) is 5.78 Å². The molecule has 90 valence electrons. The zero-order chi connectivity index (χ0) is 12.6. The van der Waals surface area contributed by atoms with Crippen LogP contribution in [0.1, 0.15) is 27.9 Å². The number of carbonyl (C=O) groups excluding carboxylic acids is 2. The molecule has 0 spiro atoms. The first kappa shape index (κ1) is 12.4. The van der Waals surface area contributed by atoms with E-state index in [1.54, 1.807) is 13.0 Å². The first-order valence-corrected chi connectivity index (χ1v) is 6.16. The SMILES string of the molecule is Cc1c(Cl)c(C(=O)CCl)cc2c1NC(=O)CC2. The van der Waals surface area contributed by atoms with Crippen molar-refractivity contribution in [3.05, 3.63) is 27.8 Å². The van der Waals surface area contributed by atoms with Crippen molar-refractivity contribution in [2.45, 2.75) is 19.8 Å². The third-order valence-electron chi connectivity index (χ3n) is 2.89. The summed E-state index contributed by atoms with van der Waals surface area (Å²) in [6, 6.07) is 1.73. The largest absolute Gasteiger partial charge is 0.326 e. The summed E-state index contributed by atoms with van der Waals surface area (Å²) in [7, 11) is 0. The molecule has 0 aromatic heterocycles. The summed E-state index contributed by atoms with van der Waals surface area (Å²) in [6.07, 6.45) is 1.06. The van der Waals surface area contributed by atoms with Crippen molar-refractivity contribution in [2.24, 2.45) is 0 Å². The van der Waals surface area contributed by atoms with E-state index >= 15 is 0 Å². The van der Waals surface area contributed by atoms with Crippen LogP contribution < -0.4 is 5.32 Å². The Hall–Kier alpha value is -1.06. The van der Waals surface area contributed by atoms with Crippen molar-refractivity contribution in [3.63, 3.8) is 0 Å². The number of amides is 1. The van der Waals surface area contributed by atoms with E-state index in [2.05, 4.69) is 5.32 Å². The Morgan fingerprint density at radius 1 is 1.47 bits per heavy atom. The fraction of sp³-hybridized carbons (Fsp3) is 0.333. The van der Waals surface area contributed by atoms with Gasteiger partial charge in [-0.2, -0.15) is 0 Å². The highest BCUT2D eigenvalue weighted by Gasteiger charge is 2.22. The summed E-state index contributed by atoms with van der Waals surface area (Å²) < 4.78 is 0. The number of fused-ring (bicyclic) bond motifs is 1.